The lowest BCUT2D eigenvalue weighted by atomic mass is 10.0. The van der Waals surface area contributed by atoms with Crippen LogP contribution in [0.1, 0.15) is 28.8 Å². The molecule has 2 aromatic rings. The minimum absolute atomic E-state index is 0.184. The highest BCUT2D eigenvalue weighted by Gasteiger charge is 2.25. The van der Waals surface area contributed by atoms with E-state index in [1.54, 1.807) is 42.5 Å². The predicted molar refractivity (Wildman–Crippen MR) is 88.9 cm³/mol. The zero-order valence-corrected chi connectivity index (χ0v) is 13.2. The number of halogens is 1. The van der Waals surface area contributed by atoms with Crippen LogP contribution in [0.25, 0.3) is 0 Å². The summed E-state index contributed by atoms with van der Waals surface area (Å²) < 4.78 is 5.37. The third-order valence-corrected chi connectivity index (χ3v) is 3.98. The van der Waals surface area contributed by atoms with Gasteiger partial charge in [-0.05, 0) is 31.0 Å². The molecular formula is C18H16ClNO3. The van der Waals surface area contributed by atoms with Crippen molar-refractivity contribution < 1.29 is 14.3 Å². The van der Waals surface area contributed by atoms with Gasteiger partial charge in [-0.25, -0.2) is 0 Å². The van der Waals surface area contributed by atoms with Gasteiger partial charge in [0.25, 0.3) is 5.91 Å². The maximum absolute atomic E-state index is 12.7. The van der Waals surface area contributed by atoms with Crippen LogP contribution in [0.15, 0.2) is 48.5 Å². The summed E-state index contributed by atoms with van der Waals surface area (Å²) in [4.78, 5) is 24.9. The number of nitrogens with one attached hydrogen (secondary N) is 1. The molecule has 1 aliphatic rings. The van der Waals surface area contributed by atoms with Gasteiger partial charge in [0.2, 0.25) is 0 Å². The molecule has 1 atom stereocenters. The molecule has 1 aliphatic heterocycles. The molecular weight excluding hydrogens is 314 g/mol. The molecule has 0 saturated carbocycles. The van der Waals surface area contributed by atoms with E-state index in [9.17, 15) is 9.59 Å². The zero-order chi connectivity index (χ0) is 16.2. The van der Waals surface area contributed by atoms with Crippen molar-refractivity contribution in [2.24, 2.45) is 0 Å². The zero-order valence-electron chi connectivity index (χ0n) is 12.4. The second-order valence-corrected chi connectivity index (χ2v) is 5.81. The van der Waals surface area contributed by atoms with Crippen molar-refractivity contribution in [3.8, 4) is 0 Å². The normalized spacial score (nSPS) is 17.0. The van der Waals surface area contributed by atoms with E-state index in [0.29, 0.717) is 34.9 Å². The predicted octanol–water partition coefficient (Wildman–Crippen LogP) is 3.69. The van der Waals surface area contributed by atoms with Crippen LogP contribution in [0, 0.1) is 0 Å². The van der Waals surface area contributed by atoms with Crippen molar-refractivity contribution in [2.45, 2.75) is 18.9 Å². The Kier molecular flexibility index (Phi) is 4.74. The van der Waals surface area contributed by atoms with E-state index in [4.69, 9.17) is 16.3 Å². The summed E-state index contributed by atoms with van der Waals surface area (Å²) in [5.41, 5.74) is 1.36. The van der Waals surface area contributed by atoms with Gasteiger partial charge in [0.05, 0.1) is 5.69 Å². The molecule has 118 valence electrons. The first-order valence-electron chi connectivity index (χ1n) is 7.47. The van der Waals surface area contributed by atoms with E-state index >= 15 is 0 Å². The number of ether oxygens (including phenoxy) is 1. The van der Waals surface area contributed by atoms with Crippen LogP contribution in [-0.4, -0.2) is 24.4 Å². The summed E-state index contributed by atoms with van der Waals surface area (Å²) in [5, 5.41) is 3.23. The fraction of sp³-hybridized carbons (Fsp3) is 0.222. The van der Waals surface area contributed by atoms with Crippen LogP contribution < -0.4 is 5.32 Å². The summed E-state index contributed by atoms with van der Waals surface area (Å²) in [5.74, 6) is -0.414. The van der Waals surface area contributed by atoms with E-state index in [2.05, 4.69) is 5.32 Å². The summed E-state index contributed by atoms with van der Waals surface area (Å²) >= 11 is 6.02. The summed E-state index contributed by atoms with van der Waals surface area (Å²) in [6, 6.07) is 13.8. The Morgan fingerprint density at radius 3 is 2.61 bits per heavy atom. The maximum Gasteiger partial charge on any atom is 0.253 e. The number of ketones is 1. The average Bonchev–Trinajstić information content (AvgIpc) is 3.11. The molecule has 23 heavy (non-hydrogen) atoms. The molecule has 2 aromatic carbocycles. The van der Waals surface area contributed by atoms with Gasteiger partial charge < -0.3 is 10.1 Å². The third-order valence-electron chi connectivity index (χ3n) is 3.74. The average molecular weight is 330 g/mol. The topological polar surface area (TPSA) is 55.4 Å². The Morgan fingerprint density at radius 1 is 1.13 bits per heavy atom. The second-order valence-electron chi connectivity index (χ2n) is 5.38. The lowest BCUT2D eigenvalue weighted by molar-refractivity contribution is -0.124. The van der Waals surface area contributed by atoms with Gasteiger partial charge in [-0.2, -0.15) is 0 Å². The Morgan fingerprint density at radius 2 is 1.91 bits per heavy atom. The third kappa shape index (κ3) is 3.60. The number of benzene rings is 2. The van der Waals surface area contributed by atoms with E-state index in [1.165, 1.54) is 0 Å². The van der Waals surface area contributed by atoms with Crippen LogP contribution in [0.5, 0.6) is 0 Å². The molecule has 0 bridgehead atoms. The summed E-state index contributed by atoms with van der Waals surface area (Å²) in [6.45, 7) is 0.592. The molecule has 3 rings (SSSR count). The quantitative estimate of drug-likeness (QED) is 0.870. The molecule has 0 radical (unpaired) electrons. The van der Waals surface area contributed by atoms with Crippen molar-refractivity contribution in [2.75, 3.05) is 11.9 Å². The summed E-state index contributed by atoms with van der Waals surface area (Å²) in [6.07, 6.45) is 1.11. The molecule has 1 amide bonds. The molecule has 4 nitrogen and oxygen atoms in total. The fourth-order valence-electron chi connectivity index (χ4n) is 2.56. The molecule has 1 heterocycles. The van der Waals surface area contributed by atoms with Crippen LogP contribution >= 0.6 is 11.6 Å². The Balaban J connectivity index is 1.88. The van der Waals surface area contributed by atoms with Crippen molar-refractivity contribution in [1.29, 1.82) is 0 Å². The highest BCUT2D eigenvalue weighted by Crippen LogP contribution is 2.25. The highest BCUT2D eigenvalue weighted by atomic mass is 35.5. The van der Waals surface area contributed by atoms with Crippen molar-refractivity contribution in [3.05, 3.63) is 64.7 Å². The second kappa shape index (κ2) is 6.94. The highest BCUT2D eigenvalue weighted by molar-refractivity contribution is 6.31. The van der Waals surface area contributed by atoms with Gasteiger partial charge in [-0.15, -0.1) is 0 Å². The Labute approximate surface area is 139 Å². The number of hydrogen-bond donors (Lipinski definition) is 1. The first-order valence-corrected chi connectivity index (χ1v) is 7.85. The molecule has 1 fully saturated rings. The van der Waals surface area contributed by atoms with Gasteiger partial charge in [-0.1, -0.05) is 41.9 Å². The molecule has 0 spiro atoms. The lowest BCUT2D eigenvalue weighted by Crippen LogP contribution is -2.27. The number of carbonyl (C=O) groups excluding carboxylic acids is 2. The smallest absolute Gasteiger partial charge is 0.253 e. The number of amides is 1. The van der Waals surface area contributed by atoms with E-state index in [0.717, 1.165) is 6.42 Å². The van der Waals surface area contributed by atoms with Gasteiger partial charge in [0, 0.05) is 22.8 Å². The van der Waals surface area contributed by atoms with Crippen LogP contribution in [0.4, 0.5) is 5.69 Å². The molecule has 0 unspecified atom stereocenters. The minimum atomic E-state index is -0.453. The molecule has 1 saturated heterocycles. The molecule has 0 aliphatic carbocycles. The lowest BCUT2D eigenvalue weighted by Gasteiger charge is -2.14. The van der Waals surface area contributed by atoms with Crippen LogP contribution in [0.2, 0.25) is 5.02 Å². The first kappa shape index (κ1) is 15.7. The van der Waals surface area contributed by atoms with Crippen molar-refractivity contribution >= 4 is 29.0 Å². The van der Waals surface area contributed by atoms with Crippen molar-refractivity contribution in [1.82, 2.24) is 0 Å². The van der Waals surface area contributed by atoms with Gasteiger partial charge in [0.1, 0.15) is 6.10 Å². The Bertz CT molecular complexity index is 724. The summed E-state index contributed by atoms with van der Waals surface area (Å²) in [7, 11) is 0. The van der Waals surface area contributed by atoms with Crippen LogP contribution in [0.3, 0.4) is 0 Å². The van der Waals surface area contributed by atoms with Gasteiger partial charge >= 0.3 is 0 Å². The monoisotopic (exact) mass is 329 g/mol. The standard InChI is InChI=1S/C18H16ClNO3/c19-13-8-9-15(20-18(22)16-7-4-10-23-16)14(11-13)17(21)12-5-2-1-3-6-12/h1-3,5-6,8-9,11,16H,4,7,10H2,(H,20,22)/t16-/m1/s1. The fourth-order valence-corrected chi connectivity index (χ4v) is 2.73. The van der Waals surface area contributed by atoms with Crippen molar-refractivity contribution in [3.63, 3.8) is 0 Å². The molecule has 5 heteroatoms. The number of rotatable bonds is 4. The van der Waals surface area contributed by atoms with E-state index < -0.39 is 6.10 Å². The molecule has 1 N–H and O–H groups in total. The van der Waals surface area contributed by atoms with E-state index in [-0.39, 0.29) is 11.7 Å². The number of anilines is 1. The van der Waals surface area contributed by atoms with Gasteiger partial charge in [0.15, 0.2) is 5.78 Å². The largest absolute Gasteiger partial charge is 0.368 e. The minimum Gasteiger partial charge on any atom is -0.368 e. The number of carbonyl (C=O) groups is 2. The van der Waals surface area contributed by atoms with Gasteiger partial charge in [-0.3, -0.25) is 9.59 Å². The first-order chi connectivity index (χ1) is 11.1. The SMILES string of the molecule is O=C(c1ccccc1)c1cc(Cl)ccc1NC(=O)[C@H]1CCCO1. The number of hydrogen-bond acceptors (Lipinski definition) is 3. The van der Waals surface area contributed by atoms with E-state index in [1.807, 2.05) is 6.07 Å². The van der Waals surface area contributed by atoms with Crippen LogP contribution in [-0.2, 0) is 9.53 Å². The molecule has 0 aromatic heterocycles. The Hall–Kier alpha value is -2.17. The maximum atomic E-state index is 12.7.